The van der Waals surface area contributed by atoms with Gasteiger partial charge >= 0.3 is 0 Å². The summed E-state index contributed by atoms with van der Waals surface area (Å²) >= 11 is 0. The molecule has 2 aromatic carbocycles. The molecular formula is C25H26N4O3S. The van der Waals surface area contributed by atoms with Gasteiger partial charge in [0.2, 0.25) is 10.0 Å². The van der Waals surface area contributed by atoms with Crippen LogP contribution in [0.1, 0.15) is 54.6 Å². The Morgan fingerprint density at radius 1 is 1.15 bits per heavy atom. The Balaban J connectivity index is 1.61. The maximum Gasteiger partial charge on any atom is 0.253 e. The highest BCUT2D eigenvalue weighted by molar-refractivity contribution is 7.92. The Morgan fingerprint density at radius 2 is 1.88 bits per heavy atom. The first-order valence-corrected chi connectivity index (χ1v) is 13.1. The average molecular weight is 463 g/mol. The average Bonchev–Trinajstić information content (AvgIpc) is 3.55. The lowest BCUT2D eigenvalue weighted by molar-refractivity contribution is 0.0885. The molecule has 0 bridgehead atoms. The van der Waals surface area contributed by atoms with Gasteiger partial charge in [-0.1, -0.05) is 19.1 Å². The fourth-order valence-corrected chi connectivity index (χ4v) is 5.63. The molecule has 1 aliphatic carbocycles. The molecule has 1 aromatic heterocycles. The second-order valence-corrected chi connectivity index (χ2v) is 10.7. The molecule has 7 nitrogen and oxygen atoms in total. The molecule has 2 aliphatic rings. The topological polar surface area (TPSA) is 95.0 Å². The van der Waals surface area contributed by atoms with Crippen LogP contribution in [0.4, 0.5) is 5.69 Å². The number of nitrogens with one attached hydrogen (secondary N) is 1. The SMILES string of the molecule is CCCS(=O)(=O)Nc1ccc(-c2c(C#N)c3cc(C(=O)N4CC4)ccc3n2C2CCC2)cc1. The van der Waals surface area contributed by atoms with Crippen LogP contribution in [0.25, 0.3) is 22.2 Å². The lowest BCUT2D eigenvalue weighted by Gasteiger charge is -2.30. The summed E-state index contributed by atoms with van der Waals surface area (Å²) < 4.78 is 29.1. The van der Waals surface area contributed by atoms with Gasteiger partial charge < -0.3 is 9.47 Å². The second-order valence-electron chi connectivity index (χ2n) is 8.81. The van der Waals surface area contributed by atoms with Gasteiger partial charge in [0.05, 0.1) is 22.5 Å². The molecule has 1 aliphatic heterocycles. The molecule has 3 aromatic rings. The van der Waals surface area contributed by atoms with Crippen molar-refractivity contribution in [1.29, 1.82) is 5.26 Å². The highest BCUT2D eigenvalue weighted by Crippen LogP contribution is 2.43. The highest BCUT2D eigenvalue weighted by Gasteiger charge is 2.30. The normalized spacial score (nSPS) is 15.8. The van der Waals surface area contributed by atoms with E-state index in [0.29, 0.717) is 29.3 Å². The maximum atomic E-state index is 12.6. The third kappa shape index (κ3) is 3.98. The molecule has 1 saturated carbocycles. The van der Waals surface area contributed by atoms with Crippen LogP contribution in [0, 0.1) is 11.3 Å². The zero-order valence-corrected chi connectivity index (χ0v) is 19.4. The first-order valence-electron chi connectivity index (χ1n) is 11.4. The number of carbonyl (C=O) groups is 1. The molecule has 0 spiro atoms. The molecule has 33 heavy (non-hydrogen) atoms. The van der Waals surface area contributed by atoms with Gasteiger partial charge in [-0.05, 0) is 61.6 Å². The summed E-state index contributed by atoms with van der Waals surface area (Å²) in [6, 6.07) is 15.5. The number of benzene rings is 2. The van der Waals surface area contributed by atoms with E-state index >= 15 is 0 Å². The first-order chi connectivity index (χ1) is 15.9. The standard InChI is InChI=1S/C25H26N4O3S/c1-2-14-33(31,32)27-19-9-6-17(7-10-19)24-22(16-26)21-15-18(25(30)28-12-13-28)8-11-23(21)29(24)20-4-3-5-20/h6-11,15,20,27H,2-5,12-14H2,1H3. The molecule has 170 valence electrons. The monoisotopic (exact) mass is 462 g/mol. The summed E-state index contributed by atoms with van der Waals surface area (Å²) in [5, 5.41) is 10.9. The van der Waals surface area contributed by atoms with Crippen LogP contribution in [-0.2, 0) is 10.0 Å². The summed E-state index contributed by atoms with van der Waals surface area (Å²) in [5.74, 6) is 0.0734. The van der Waals surface area contributed by atoms with Crippen molar-refractivity contribution in [3.05, 3.63) is 53.6 Å². The fourth-order valence-electron chi connectivity index (χ4n) is 4.50. The van der Waals surface area contributed by atoms with E-state index in [1.165, 1.54) is 0 Å². The number of amides is 1. The summed E-state index contributed by atoms with van der Waals surface area (Å²) in [6.07, 6.45) is 3.79. The molecule has 2 fully saturated rings. The Bertz CT molecular complexity index is 1380. The van der Waals surface area contributed by atoms with Gasteiger partial charge in [-0.2, -0.15) is 5.26 Å². The van der Waals surface area contributed by atoms with Crippen LogP contribution in [0.3, 0.4) is 0 Å². The van der Waals surface area contributed by atoms with Gasteiger partial charge in [-0.25, -0.2) is 8.42 Å². The number of rotatable bonds is 7. The van der Waals surface area contributed by atoms with Crippen LogP contribution in [0.2, 0.25) is 0 Å². The molecule has 8 heteroatoms. The van der Waals surface area contributed by atoms with Gasteiger partial charge in [-0.3, -0.25) is 9.52 Å². The van der Waals surface area contributed by atoms with Crippen molar-refractivity contribution < 1.29 is 13.2 Å². The molecule has 0 radical (unpaired) electrons. The number of sulfonamides is 1. The number of nitriles is 1. The van der Waals surface area contributed by atoms with E-state index in [1.807, 2.05) is 37.3 Å². The number of aromatic nitrogens is 1. The number of anilines is 1. The van der Waals surface area contributed by atoms with Gasteiger partial charge in [0.1, 0.15) is 6.07 Å². The number of fused-ring (bicyclic) bond motifs is 1. The maximum absolute atomic E-state index is 12.6. The van der Waals surface area contributed by atoms with Crippen molar-refractivity contribution in [1.82, 2.24) is 9.47 Å². The van der Waals surface area contributed by atoms with Crippen LogP contribution in [-0.4, -0.2) is 42.6 Å². The van der Waals surface area contributed by atoms with Gasteiger partial charge in [0, 0.05) is 35.8 Å². The molecule has 2 heterocycles. The van der Waals surface area contributed by atoms with E-state index in [-0.39, 0.29) is 11.7 Å². The molecule has 1 amide bonds. The van der Waals surface area contributed by atoms with Crippen molar-refractivity contribution in [2.45, 2.75) is 38.6 Å². The quantitative estimate of drug-likeness (QED) is 0.523. The fraction of sp³-hybridized carbons (Fsp3) is 0.360. The predicted octanol–water partition coefficient (Wildman–Crippen LogP) is 4.51. The predicted molar refractivity (Wildman–Crippen MR) is 129 cm³/mol. The molecular weight excluding hydrogens is 436 g/mol. The van der Waals surface area contributed by atoms with E-state index in [2.05, 4.69) is 15.4 Å². The summed E-state index contributed by atoms with van der Waals surface area (Å²) in [5.41, 5.74) is 4.30. The molecule has 5 rings (SSSR count). The lowest BCUT2D eigenvalue weighted by atomic mass is 9.92. The van der Waals surface area contributed by atoms with E-state index in [9.17, 15) is 18.5 Å². The van der Waals surface area contributed by atoms with Gasteiger partial charge in [0.25, 0.3) is 5.91 Å². The largest absolute Gasteiger partial charge is 0.336 e. The summed E-state index contributed by atoms with van der Waals surface area (Å²) in [7, 11) is -3.37. The number of hydrogen-bond donors (Lipinski definition) is 1. The van der Waals surface area contributed by atoms with Crippen molar-refractivity contribution in [3.8, 4) is 17.3 Å². The minimum atomic E-state index is -3.37. The summed E-state index contributed by atoms with van der Waals surface area (Å²) in [4.78, 5) is 14.4. The number of carbonyl (C=O) groups excluding carboxylic acids is 1. The smallest absolute Gasteiger partial charge is 0.253 e. The third-order valence-corrected chi connectivity index (χ3v) is 7.93. The zero-order valence-electron chi connectivity index (χ0n) is 18.5. The second kappa shape index (κ2) is 8.23. The van der Waals surface area contributed by atoms with E-state index < -0.39 is 10.0 Å². The molecule has 0 unspecified atom stereocenters. The van der Waals surface area contributed by atoms with Crippen LogP contribution in [0.15, 0.2) is 42.5 Å². The highest BCUT2D eigenvalue weighted by atomic mass is 32.2. The minimum absolute atomic E-state index is 0.00227. The van der Waals surface area contributed by atoms with Crippen molar-refractivity contribution in [2.75, 3.05) is 23.6 Å². The van der Waals surface area contributed by atoms with Crippen LogP contribution in [0.5, 0.6) is 0 Å². The van der Waals surface area contributed by atoms with Crippen molar-refractivity contribution in [2.24, 2.45) is 0 Å². The van der Waals surface area contributed by atoms with Gasteiger partial charge in [0.15, 0.2) is 0 Å². The Morgan fingerprint density at radius 3 is 2.45 bits per heavy atom. The Hall–Kier alpha value is -3.31. The number of hydrogen-bond acceptors (Lipinski definition) is 4. The van der Waals surface area contributed by atoms with E-state index in [0.717, 1.165) is 54.5 Å². The van der Waals surface area contributed by atoms with E-state index in [1.54, 1.807) is 17.0 Å². The minimum Gasteiger partial charge on any atom is -0.336 e. The Kier molecular flexibility index (Phi) is 5.37. The first kappa shape index (κ1) is 21.5. The van der Waals surface area contributed by atoms with Crippen molar-refractivity contribution >= 4 is 32.5 Å². The Labute approximate surface area is 193 Å². The van der Waals surface area contributed by atoms with E-state index in [4.69, 9.17) is 0 Å². The van der Waals surface area contributed by atoms with Crippen molar-refractivity contribution in [3.63, 3.8) is 0 Å². The lowest BCUT2D eigenvalue weighted by Crippen LogP contribution is -2.18. The molecule has 1 saturated heterocycles. The summed E-state index contributed by atoms with van der Waals surface area (Å²) in [6.45, 7) is 3.39. The third-order valence-electron chi connectivity index (χ3n) is 6.44. The number of nitrogens with zero attached hydrogens (tertiary/aromatic N) is 3. The molecule has 1 N–H and O–H groups in total. The van der Waals surface area contributed by atoms with Crippen LogP contribution >= 0.6 is 0 Å². The zero-order chi connectivity index (χ0) is 23.2. The molecule has 0 atom stereocenters. The van der Waals surface area contributed by atoms with Crippen LogP contribution < -0.4 is 4.72 Å². The van der Waals surface area contributed by atoms with Gasteiger partial charge in [-0.15, -0.1) is 0 Å².